The monoisotopic (exact) mass is 229 g/mol. The van der Waals surface area contributed by atoms with Crippen LogP contribution in [0.15, 0.2) is 0 Å². The van der Waals surface area contributed by atoms with Gasteiger partial charge in [0.2, 0.25) is 5.91 Å². The van der Waals surface area contributed by atoms with Gasteiger partial charge in [-0.1, -0.05) is 0 Å². The van der Waals surface area contributed by atoms with Crippen LogP contribution in [0.5, 0.6) is 0 Å². The SMILES string of the molecule is CC(N)CN(C)C(C)C(=O)N1CCOCC1. The highest BCUT2D eigenvalue weighted by Gasteiger charge is 2.25. The molecule has 1 heterocycles. The van der Waals surface area contributed by atoms with E-state index in [-0.39, 0.29) is 18.0 Å². The smallest absolute Gasteiger partial charge is 0.239 e. The molecule has 0 aromatic heterocycles. The van der Waals surface area contributed by atoms with Crippen LogP contribution >= 0.6 is 0 Å². The van der Waals surface area contributed by atoms with Crippen molar-refractivity contribution in [1.82, 2.24) is 9.80 Å². The summed E-state index contributed by atoms with van der Waals surface area (Å²) >= 11 is 0. The van der Waals surface area contributed by atoms with Crippen LogP contribution in [0.4, 0.5) is 0 Å². The molecule has 1 amide bonds. The van der Waals surface area contributed by atoms with Crippen LogP contribution in [0.3, 0.4) is 0 Å². The fraction of sp³-hybridized carbons (Fsp3) is 0.909. The molecule has 0 aliphatic carbocycles. The van der Waals surface area contributed by atoms with Gasteiger partial charge in [-0.05, 0) is 20.9 Å². The molecule has 2 N–H and O–H groups in total. The predicted molar refractivity (Wildman–Crippen MR) is 63.1 cm³/mol. The van der Waals surface area contributed by atoms with Gasteiger partial charge >= 0.3 is 0 Å². The second-order valence-corrected chi connectivity index (χ2v) is 4.53. The lowest BCUT2D eigenvalue weighted by Gasteiger charge is -2.33. The Morgan fingerprint density at radius 2 is 2.00 bits per heavy atom. The van der Waals surface area contributed by atoms with Crippen LogP contribution in [0.2, 0.25) is 0 Å². The second kappa shape index (κ2) is 6.18. The minimum atomic E-state index is -0.107. The average Bonchev–Trinajstić information content (AvgIpc) is 2.27. The largest absolute Gasteiger partial charge is 0.378 e. The summed E-state index contributed by atoms with van der Waals surface area (Å²) in [4.78, 5) is 16.0. The Morgan fingerprint density at radius 1 is 1.44 bits per heavy atom. The van der Waals surface area contributed by atoms with E-state index in [1.807, 2.05) is 30.7 Å². The molecule has 1 fully saturated rings. The Balaban J connectivity index is 2.45. The molecule has 0 bridgehead atoms. The third-order valence-electron chi connectivity index (χ3n) is 2.92. The van der Waals surface area contributed by atoms with E-state index in [1.165, 1.54) is 0 Å². The van der Waals surface area contributed by atoms with Crippen molar-refractivity contribution in [2.45, 2.75) is 25.9 Å². The van der Waals surface area contributed by atoms with E-state index in [0.717, 1.165) is 6.54 Å². The molecule has 0 spiro atoms. The maximum Gasteiger partial charge on any atom is 0.239 e. The topological polar surface area (TPSA) is 58.8 Å². The molecule has 0 aromatic carbocycles. The standard InChI is InChI=1S/C11H23N3O2/c1-9(12)8-13(3)10(2)11(15)14-4-6-16-7-5-14/h9-10H,4-8,12H2,1-3H3. The van der Waals surface area contributed by atoms with E-state index in [2.05, 4.69) is 0 Å². The maximum atomic E-state index is 12.1. The fourth-order valence-corrected chi connectivity index (χ4v) is 1.85. The summed E-state index contributed by atoms with van der Waals surface area (Å²) in [7, 11) is 1.94. The van der Waals surface area contributed by atoms with Gasteiger partial charge in [-0.3, -0.25) is 9.69 Å². The Hall–Kier alpha value is -0.650. The van der Waals surface area contributed by atoms with Gasteiger partial charge in [0.25, 0.3) is 0 Å². The maximum absolute atomic E-state index is 12.1. The van der Waals surface area contributed by atoms with Crippen molar-refractivity contribution < 1.29 is 9.53 Å². The minimum Gasteiger partial charge on any atom is -0.378 e. The lowest BCUT2D eigenvalue weighted by Crippen LogP contribution is -2.51. The van der Waals surface area contributed by atoms with E-state index in [9.17, 15) is 4.79 Å². The Bertz CT molecular complexity index is 227. The Morgan fingerprint density at radius 3 is 2.50 bits per heavy atom. The van der Waals surface area contributed by atoms with E-state index in [4.69, 9.17) is 10.5 Å². The summed E-state index contributed by atoms with van der Waals surface area (Å²) in [6, 6.07) is -0.0194. The molecule has 5 heteroatoms. The molecule has 1 saturated heterocycles. The number of morpholine rings is 1. The van der Waals surface area contributed by atoms with Gasteiger partial charge in [-0.2, -0.15) is 0 Å². The lowest BCUT2D eigenvalue weighted by molar-refractivity contribution is -0.140. The van der Waals surface area contributed by atoms with Crippen molar-refractivity contribution in [1.29, 1.82) is 0 Å². The normalized spacial score (nSPS) is 20.9. The molecule has 2 unspecified atom stereocenters. The lowest BCUT2D eigenvalue weighted by atomic mass is 10.2. The fourth-order valence-electron chi connectivity index (χ4n) is 1.85. The predicted octanol–water partition coefficient (Wildman–Crippen LogP) is -0.487. The molecule has 0 radical (unpaired) electrons. The number of likely N-dealkylation sites (N-methyl/N-ethyl adjacent to an activating group) is 1. The Labute approximate surface area is 97.5 Å². The molecule has 1 aliphatic rings. The number of carbonyl (C=O) groups is 1. The first-order valence-corrected chi connectivity index (χ1v) is 5.84. The average molecular weight is 229 g/mol. The first-order valence-electron chi connectivity index (χ1n) is 5.84. The number of hydrogen-bond acceptors (Lipinski definition) is 4. The van der Waals surface area contributed by atoms with Gasteiger partial charge in [0, 0.05) is 25.7 Å². The highest BCUT2D eigenvalue weighted by atomic mass is 16.5. The van der Waals surface area contributed by atoms with Crippen LogP contribution in [0.25, 0.3) is 0 Å². The molecule has 5 nitrogen and oxygen atoms in total. The van der Waals surface area contributed by atoms with Crippen LogP contribution in [-0.2, 0) is 9.53 Å². The van der Waals surface area contributed by atoms with E-state index in [0.29, 0.717) is 26.3 Å². The molecule has 1 aliphatic heterocycles. The summed E-state index contributed by atoms with van der Waals surface area (Å²) in [5.41, 5.74) is 5.72. The van der Waals surface area contributed by atoms with E-state index >= 15 is 0 Å². The summed E-state index contributed by atoms with van der Waals surface area (Å²) in [6.07, 6.45) is 0. The number of nitrogens with zero attached hydrogens (tertiary/aromatic N) is 2. The number of carbonyl (C=O) groups excluding carboxylic acids is 1. The quantitative estimate of drug-likeness (QED) is 0.707. The van der Waals surface area contributed by atoms with E-state index in [1.54, 1.807) is 0 Å². The molecule has 16 heavy (non-hydrogen) atoms. The highest BCUT2D eigenvalue weighted by Crippen LogP contribution is 2.05. The minimum absolute atomic E-state index is 0.0879. The van der Waals surface area contributed by atoms with Crippen molar-refractivity contribution in [2.24, 2.45) is 5.73 Å². The Kier molecular flexibility index (Phi) is 5.18. The summed E-state index contributed by atoms with van der Waals surface area (Å²) in [5.74, 6) is 0.173. The molecular formula is C11H23N3O2. The number of nitrogens with two attached hydrogens (primary N) is 1. The summed E-state index contributed by atoms with van der Waals surface area (Å²) in [5, 5.41) is 0. The highest BCUT2D eigenvalue weighted by molar-refractivity contribution is 5.81. The summed E-state index contributed by atoms with van der Waals surface area (Å²) in [6.45, 7) is 7.31. The van der Waals surface area contributed by atoms with Gasteiger partial charge in [-0.15, -0.1) is 0 Å². The van der Waals surface area contributed by atoms with Crippen LogP contribution < -0.4 is 5.73 Å². The zero-order valence-corrected chi connectivity index (χ0v) is 10.5. The third kappa shape index (κ3) is 3.73. The van der Waals surface area contributed by atoms with Crippen molar-refractivity contribution in [3.63, 3.8) is 0 Å². The van der Waals surface area contributed by atoms with E-state index < -0.39 is 0 Å². The van der Waals surface area contributed by atoms with Gasteiger partial charge < -0.3 is 15.4 Å². The third-order valence-corrected chi connectivity index (χ3v) is 2.92. The molecule has 2 atom stereocenters. The summed E-state index contributed by atoms with van der Waals surface area (Å²) < 4.78 is 5.23. The zero-order chi connectivity index (χ0) is 12.1. The van der Waals surface area contributed by atoms with Crippen LogP contribution in [0, 0.1) is 0 Å². The molecule has 0 saturated carbocycles. The first kappa shape index (κ1) is 13.4. The molecular weight excluding hydrogens is 206 g/mol. The van der Waals surface area contributed by atoms with Crippen LogP contribution in [0.1, 0.15) is 13.8 Å². The van der Waals surface area contributed by atoms with Gasteiger partial charge in [0.15, 0.2) is 0 Å². The zero-order valence-electron chi connectivity index (χ0n) is 10.5. The van der Waals surface area contributed by atoms with Gasteiger partial charge in [-0.25, -0.2) is 0 Å². The van der Waals surface area contributed by atoms with Crippen molar-refractivity contribution >= 4 is 5.91 Å². The van der Waals surface area contributed by atoms with Crippen molar-refractivity contribution in [2.75, 3.05) is 39.9 Å². The second-order valence-electron chi connectivity index (χ2n) is 4.53. The molecule has 1 rings (SSSR count). The molecule has 0 aromatic rings. The number of rotatable bonds is 4. The number of ether oxygens (including phenoxy) is 1. The van der Waals surface area contributed by atoms with Crippen molar-refractivity contribution in [3.05, 3.63) is 0 Å². The van der Waals surface area contributed by atoms with Crippen molar-refractivity contribution in [3.8, 4) is 0 Å². The van der Waals surface area contributed by atoms with Crippen LogP contribution in [-0.4, -0.2) is 67.7 Å². The van der Waals surface area contributed by atoms with Gasteiger partial charge in [0.1, 0.15) is 0 Å². The van der Waals surface area contributed by atoms with Gasteiger partial charge in [0.05, 0.1) is 19.3 Å². The number of amides is 1. The number of hydrogen-bond donors (Lipinski definition) is 1. The first-order chi connectivity index (χ1) is 7.52. The molecule has 94 valence electrons.